The number of aromatic nitrogens is 2. The molecule has 0 aliphatic carbocycles. The highest BCUT2D eigenvalue weighted by Crippen LogP contribution is 2.40. The molecule has 3 rings (SSSR count). The van der Waals surface area contributed by atoms with Gasteiger partial charge in [-0.05, 0) is 17.2 Å². The van der Waals surface area contributed by atoms with Crippen LogP contribution in [0.15, 0.2) is 52.5 Å². The minimum absolute atomic E-state index is 0.0138. The molecule has 1 aliphatic heterocycles. The van der Waals surface area contributed by atoms with Crippen molar-refractivity contribution in [1.29, 1.82) is 0 Å². The van der Waals surface area contributed by atoms with Gasteiger partial charge in [-0.25, -0.2) is 4.79 Å². The van der Waals surface area contributed by atoms with Crippen molar-refractivity contribution in [2.75, 3.05) is 5.73 Å². The first-order valence-corrected chi connectivity index (χ1v) is 7.45. The minimum Gasteiger partial charge on any atom is -0.387 e. The summed E-state index contributed by atoms with van der Waals surface area (Å²) in [6, 6.07) is 10.3. The number of hydrogen-bond donors (Lipinski definition) is 3. The van der Waals surface area contributed by atoms with Gasteiger partial charge in [0.15, 0.2) is 12.0 Å². The zero-order valence-corrected chi connectivity index (χ0v) is 13.0. The van der Waals surface area contributed by atoms with Gasteiger partial charge in [0.05, 0.1) is 0 Å². The van der Waals surface area contributed by atoms with Gasteiger partial charge in [-0.15, -0.1) is 0 Å². The number of nitrogens with two attached hydrogens (primary N) is 1. The van der Waals surface area contributed by atoms with Crippen LogP contribution in [-0.2, 0) is 11.2 Å². The highest BCUT2D eigenvalue weighted by Gasteiger charge is 2.55. The molecule has 2 heterocycles. The number of anilines is 1. The Morgan fingerprint density at radius 1 is 1.36 bits per heavy atom. The SMILES string of the molecule is [N-]=[N+]=N[C@]1(Cc2ccccc2)O[C@@H](n2ccc(N)nc2=O)[C@H](O)[C@@H]1O. The Labute approximate surface area is 141 Å². The first-order chi connectivity index (χ1) is 12.0. The molecule has 2 aromatic rings. The van der Waals surface area contributed by atoms with Crippen molar-refractivity contribution in [1.82, 2.24) is 9.55 Å². The summed E-state index contributed by atoms with van der Waals surface area (Å²) in [6.07, 6.45) is -3.01. The van der Waals surface area contributed by atoms with Gasteiger partial charge in [0.2, 0.25) is 0 Å². The van der Waals surface area contributed by atoms with E-state index in [9.17, 15) is 15.0 Å². The van der Waals surface area contributed by atoms with Crippen LogP contribution in [-0.4, -0.2) is 37.7 Å². The molecular weight excluding hydrogens is 328 g/mol. The van der Waals surface area contributed by atoms with Gasteiger partial charge in [0.25, 0.3) is 0 Å². The Kier molecular flexibility index (Phi) is 4.43. The number of hydrogen-bond acceptors (Lipinski definition) is 7. The fraction of sp³-hybridized carbons (Fsp3) is 0.333. The van der Waals surface area contributed by atoms with Crippen LogP contribution in [0.1, 0.15) is 11.8 Å². The quantitative estimate of drug-likeness (QED) is 0.411. The Morgan fingerprint density at radius 3 is 2.72 bits per heavy atom. The van der Waals surface area contributed by atoms with E-state index < -0.39 is 29.9 Å². The summed E-state index contributed by atoms with van der Waals surface area (Å²) < 4.78 is 6.68. The summed E-state index contributed by atoms with van der Waals surface area (Å²) in [7, 11) is 0. The number of nitrogen functional groups attached to an aromatic ring is 1. The summed E-state index contributed by atoms with van der Waals surface area (Å²) >= 11 is 0. The summed E-state index contributed by atoms with van der Waals surface area (Å²) in [5, 5.41) is 24.4. The third kappa shape index (κ3) is 3.06. The fourth-order valence-corrected chi connectivity index (χ4v) is 2.84. The van der Waals surface area contributed by atoms with Crippen molar-refractivity contribution >= 4 is 5.82 Å². The zero-order chi connectivity index (χ0) is 18.0. The van der Waals surface area contributed by atoms with Gasteiger partial charge < -0.3 is 20.7 Å². The number of rotatable bonds is 4. The van der Waals surface area contributed by atoms with E-state index in [1.165, 1.54) is 12.3 Å². The lowest BCUT2D eigenvalue weighted by atomic mass is 9.96. The van der Waals surface area contributed by atoms with E-state index in [4.69, 9.17) is 16.0 Å². The molecular formula is C15H16N6O4. The van der Waals surface area contributed by atoms with Crippen LogP contribution in [0, 0.1) is 0 Å². The molecule has 1 saturated heterocycles. The van der Waals surface area contributed by atoms with Crippen LogP contribution >= 0.6 is 0 Å². The summed E-state index contributed by atoms with van der Waals surface area (Å²) in [5.74, 6) is 0.0138. The molecule has 0 unspecified atom stereocenters. The lowest BCUT2D eigenvalue weighted by Gasteiger charge is -2.26. The average Bonchev–Trinajstić information content (AvgIpc) is 2.82. The van der Waals surface area contributed by atoms with Gasteiger partial charge >= 0.3 is 5.69 Å². The summed E-state index contributed by atoms with van der Waals surface area (Å²) in [5.41, 5.74) is 12.6. The number of nitrogens with zero attached hydrogens (tertiary/aromatic N) is 5. The number of benzene rings is 1. The van der Waals surface area contributed by atoms with Gasteiger partial charge in [-0.1, -0.05) is 35.4 Å². The van der Waals surface area contributed by atoms with E-state index in [1.54, 1.807) is 24.3 Å². The van der Waals surface area contributed by atoms with Gasteiger partial charge in [0.1, 0.15) is 18.0 Å². The Hall–Kier alpha value is -2.91. The second kappa shape index (κ2) is 6.54. The Bertz CT molecular complexity index is 866. The van der Waals surface area contributed by atoms with Crippen molar-refractivity contribution < 1.29 is 14.9 Å². The predicted octanol–water partition coefficient (Wildman–Crippen LogP) is 0.325. The molecule has 0 amide bonds. The molecule has 1 aliphatic rings. The van der Waals surface area contributed by atoms with Crippen molar-refractivity contribution in [3.8, 4) is 0 Å². The molecule has 4 N–H and O–H groups in total. The van der Waals surface area contributed by atoms with E-state index in [0.29, 0.717) is 0 Å². The van der Waals surface area contributed by atoms with Crippen molar-refractivity contribution in [2.24, 2.45) is 5.11 Å². The monoisotopic (exact) mass is 344 g/mol. The van der Waals surface area contributed by atoms with Gasteiger partial charge in [-0.2, -0.15) is 4.98 Å². The first-order valence-electron chi connectivity index (χ1n) is 7.45. The topological polar surface area (TPSA) is 159 Å². The predicted molar refractivity (Wildman–Crippen MR) is 87.1 cm³/mol. The fourth-order valence-electron chi connectivity index (χ4n) is 2.84. The molecule has 25 heavy (non-hydrogen) atoms. The lowest BCUT2D eigenvalue weighted by molar-refractivity contribution is -0.101. The van der Waals surface area contributed by atoms with Crippen LogP contribution in [0.2, 0.25) is 0 Å². The standard InChI is InChI=1S/C15H16N6O4/c16-10-6-7-21(14(24)18-10)13-11(22)12(23)15(25-13,19-20-17)8-9-4-2-1-3-5-9/h1-7,11-13,22-23H,8H2,(H2,16,18,24)/t11-,12+,13-,15-/m1/s1. The molecule has 4 atom stereocenters. The smallest absolute Gasteiger partial charge is 0.351 e. The van der Waals surface area contributed by atoms with Crippen LogP contribution in [0.5, 0.6) is 0 Å². The second-order valence-electron chi connectivity index (χ2n) is 5.68. The van der Waals surface area contributed by atoms with Gasteiger partial charge in [-0.3, -0.25) is 4.57 Å². The van der Waals surface area contributed by atoms with Crippen LogP contribution in [0.25, 0.3) is 10.4 Å². The molecule has 0 saturated carbocycles. The normalized spacial score (nSPS) is 28.5. The molecule has 10 heteroatoms. The molecule has 0 spiro atoms. The van der Waals surface area contributed by atoms with Crippen molar-refractivity contribution in [2.45, 2.75) is 30.6 Å². The molecule has 1 aromatic carbocycles. The van der Waals surface area contributed by atoms with E-state index in [1.807, 2.05) is 6.07 Å². The molecule has 0 bridgehead atoms. The maximum absolute atomic E-state index is 12.0. The highest BCUT2D eigenvalue weighted by atomic mass is 16.6. The molecule has 130 valence electrons. The largest absolute Gasteiger partial charge is 0.387 e. The Morgan fingerprint density at radius 2 is 2.08 bits per heavy atom. The number of aliphatic hydroxyl groups excluding tert-OH is 2. The highest BCUT2D eigenvalue weighted by molar-refractivity contribution is 5.24. The molecule has 10 nitrogen and oxygen atoms in total. The average molecular weight is 344 g/mol. The third-order valence-corrected chi connectivity index (χ3v) is 4.04. The summed E-state index contributed by atoms with van der Waals surface area (Å²) in [6.45, 7) is 0. The van der Waals surface area contributed by atoms with E-state index in [2.05, 4.69) is 15.0 Å². The van der Waals surface area contributed by atoms with Crippen LogP contribution < -0.4 is 11.4 Å². The Balaban J connectivity index is 2.00. The maximum atomic E-state index is 12.0. The van der Waals surface area contributed by atoms with E-state index in [-0.39, 0.29) is 12.2 Å². The van der Waals surface area contributed by atoms with Crippen LogP contribution in [0.4, 0.5) is 5.82 Å². The number of aliphatic hydroxyl groups is 2. The van der Waals surface area contributed by atoms with Crippen molar-refractivity contribution in [3.63, 3.8) is 0 Å². The van der Waals surface area contributed by atoms with E-state index in [0.717, 1.165) is 10.1 Å². The van der Waals surface area contributed by atoms with Gasteiger partial charge in [0, 0.05) is 17.5 Å². The molecule has 0 radical (unpaired) electrons. The lowest BCUT2D eigenvalue weighted by Crippen LogP contribution is -2.43. The molecule has 1 aromatic heterocycles. The van der Waals surface area contributed by atoms with Crippen molar-refractivity contribution in [3.05, 3.63) is 69.1 Å². The number of ether oxygens (including phenoxy) is 1. The third-order valence-electron chi connectivity index (χ3n) is 4.04. The zero-order valence-electron chi connectivity index (χ0n) is 13.0. The van der Waals surface area contributed by atoms with Crippen LogP contribution in [0.3, 0.4) is 0 Å². The summed E-state index contributed by atoms with van der Waals surface area (Å²) in [4.78, 5) is 18.3. The first kappa shape index (κ1) is 16.9. The number of azide groups is 1. The minimum atomic E-state index is -1.76. The molecule has 1 fully saturated rings. The maximum Gasteiger partial charge on any atom is 0.351 e. The second-order valence-corrected chi connectivity index (χ2v) is 5.68. The van der Waals surface area contributed by atoms with E-state index >= 15 is 0 Å².